The van der Waals surface area contributed by atoms with E-state index < -0.39 is 12.0 Å². The average molecular weight is 359 g/mol. The summed E-state index contributed by atoms with van der Waals surface area (Å²) >= 11 is 0. The standard InChI is InChI=1S/C20H29N3O3/c1-6-23(7-2)16-10-8-15(9-11-16)18-17(14(5)21-20(25)22-18)19(24)26-12-13(3)4/h8-11,13,18H,6-7,12H2,1-5H3,(H2,21,22,25)/t18-/m0/s1. The van der Waals surface area contributed by atoms with E-state index in [1.165, 1.54) is 0 Å². The van der Waals surface area contributed by atoms with Crippen LogP contribution in [0.1, 0.15) is 46.2 Å². The van der Waals surface area contributed by atoms with E-state index in [0.717, 1.165) is 24.3 Å². The first-order valence-corrected chi connectivity index (χ1v) is 9.17. The number of amides is 2. The minimum Gasteiger partial charge on any atom is -0.462 e. The van der Waals surface area contributed by atoms with Crippen molar-refractivity contribution in [2.24, 2.45) is 5.92 Å². The molecule has 0 fully saturated rings. The van der Waals surface area contributed by atoms with E-state index in [1.54, 1.807) is 6.92 Å². The largest absolute Gasteiger partial charge is 0.462 e. The Balaban J connectivity index is 2.30. The van der Waals surface area contributed by atoms with Crippen molar-refractivity contribution in [3.05, 3.63) is 41.1 Å². The maximum absolute atomic E-state index is 12.6. The monoisotopic (exact) mass is 359 g/mol. The Morgan fingerprint density at radius 3 is 2.35 bits per heavy atom. The number of carbonyl (C=O) groups is 2. The first-order chi connectivity index (χ1) is 12.4. The molecular weight excluding hydrogens is 330 g/mol. The van der Waals surface area contributed by atoms with Gasteiger partial charge in [0.15, 0.2) is 0 Å². The second-order valence-electron chi connectivity index (χ2n) is 6.83. The fraction of sp³-hybridized carbons (Fsp3) is 0.500. The zero-order valence-electron chi connectivity index (χ0n) is 16.3. The van der Waals surface area contributed by atoms with E-state index in [2.05, 4.69) is 29.4 Å². The van der Waals surface area contributed by atoms with Gasteiger partial charge in [0.1, 0.15) is 0 Å². The maximum atomic E-state index is 12.6. The molecule has 0 bridgehead atoms. The molecule has 2 amide bonds. The van der Waals surface area contributed by atoms with Gasteiger partial charge in [-0.3, -0.25) is 0 Å². The molecule has 142 valence electrons. The van der Waals surface area contributed by atoms with Crippen LogP contribution >= 0.6 is 0 Å². The highest BCUT2D eigenvalue weighted by Crippen LogP contribution is 2.29. The first kappa shape index (κ1) is 19.8. The van der Waals surface area contributed by atoms with Gasteiger partial charge in [-0.25, -0.2) is 9.59 Å². The van der Waals surface area contributed by atoms with Gasteiger partial charge in [-0.05, 0) is 44.4 Å². The van der Waals surface area contributed by atoms with Crippen LogP contribution in [0.25, 0.3) is 0 Å². The van der Waals surface area contributed by atoms with Crippen molar-refractivity contribution < 1.29 is 14.3 Å². The molecule has 1 aliphatic rings. The van der Waals surface area contributed by atoms with Crippen LogP contribution in [0.4, 0.5) is 10.5 Å². The summed E-state index contributed by atoms with van der Waals surface area (Å²) in [4.78, 5) is 26.8. The summed E-state index contributed by atoms with van der Waals surface area (Å²) in [7, 11) is 0. The third-order valence-corrected chi connectivity index (χ3v) is 4.39. The average Bonchev–Trinajstić information content (AvgIpc) is 2.60. The molecule has 0 aliphatic carbocycles. The molecule has 1 aliphatic heterocycles. The summed E-state index contributed by atoms with van der Waals surface area (Å²) in [6.45, 7) is 12.1. The lowest BCUT2D eigenvalue weighted by Crippen LogP contribution is -2.45. The summed E-state index contributed by atoms with van der Waals surface area (Å²) < 4.78 is 5.40. The Morgan fingerprint density at radius 2 is 1.81 bits per heavy atom. The molecule has 0 aromatic heterocycles. The molecule has 2 rings (SSSR count). The number of nitrogens with one attached hydrogen (secondary N) is 2. The third kappa shape index (κ3) is 4.56. The number of allylic oxidation sites excluding steroid dienone is 1. The lowest BCUT2D eigenvalue weighted by atomic mass is 9.95. The van der Waals surface area contributed by atoms with Crippen molar-refractivity contribution in [2.75, 3.05) is 24.6 Å². The van der Waals surface area contributed by atoms with Crippen molar-refractivity contribution in [3.63, 3.8) is 0 Å². The molecule has 1 aromatic carbocycles. The Labute approximate surface area is 155 Å². The second-order valence-corrected chi connectivity index (χ2v) is 6.83. The highest BCUT2D eigenvalue weighted by Gasteiger charge is 2.32. The summed E-state index contributed by atoms with van der Waals surface area (Å²) in [5, 5.41) is 5.50. The number of urea groups is 1. The van der Waals surface area contributed by atoms with Crippen molar-refractivity contribution in [2.45, 2.75) is 40.7 Å². The van der Waals surface area contributed by atoms with Crippen molar-refractivity contribution in [1.82, 2.24) is 10.6 Å². The summed E-state index contributed by atoms with van der Waals surface area (Å²) in [5.74, 6) is -0.153. The van der Waals surface area contributed by atoms with Crippen LogP contribution in [0.2, 0.25) is 0 Å². The minimum atomic E-state index is -0.519. The smallest absolute Gasteiger partial charge is 0.338 e. The first-order valence-electron chi connectivity index (χ1n) is 9.17. The molecule has 1 heterocycles. The Morgan fingerprint density at radius 1 is 1.19 bits per heavy atom. The number of carbonyl (C=O) groups excluding carboxylic acids is 2. The second kappa shape index (κ2) is 8.74. The summed E-state index contributed by atoms with van der Waals surface area (Å²) in [6.07, 6.45) is 0. The molecule has 6 nitrogen and oxygen atoms in total. The fourth-order valence-corrected chi connectivity index (χ4v) is 3.00. The number of nitrogens with zero attached hydrogens (tertiary/aromatic N) is 1. The zero-order valence-corrected chi connectivity index (χ0v) is 16.3. The predicted molar refractivity (Wildman–Crippen MR) is 103 cm³/mol. The zero-order chi connectivity index (χ0) is 19.3. The topological polar surface area (TPSA) is 70.7 Å². The van der Waals surface area contributed by atoms with Crippen LogP contribution in [-0.4, -0.2) is 31.7 Å². The van der Waals surface area contributed by atoms with Gasteiger partial charge in [-0.15, -0.1) is 0 Å². The molecule has 2 N–H and O–H groups in total. The molecule has 0 unspecified atom stereocenters. The Kier molecular flexibility index (Phi) is 6.66. The molecule has 0 spiro atoms. The predicted octanol–water partition coefficient (Wildman–Crippen LogP) is 3.36. The highest BCUT2D eigenvalue weighted by molar-refractivity contribution is 5.95. The molecule has 0 saturated heterocycles. The van der Waals surface area contributed by atoms with Gasteiger partial charge in [-0.2, -0.15) is 0 Å². The van der Waals surface area contributed by atoms with Gasteiger partial charge in [0, 0.05) is 24.5 Å². The number of hydrogen-bond acceptors (Lipinski definition) is 4. The number of ether oxygens (including phenoxy) is 1. The number of hydrogen-bond donors (Lipinski definition) is 2. The lowest BCUT2D eigenvalue weighted by molar-refractivity contribution is -0.140. The molecule has 1 aromatic rings. The summed E-state index contributed by atoms with van der Waals surface area (Å²) in [5.41, 5.74) is 2.94. The molecule has 1 atom stereocenters. The number of rotatable bonds is 7. The van der Waals surface area contributed by atoms with Crippen molar-refractivity contribution >= 4 is 17.7 Å². The summed E-state index contributed by atoms with van der Waals surface area (Å²) in [6, 6.07) is 7.10. The third-order valence-electron chi connectivity index (χ3n) is 4.39. The van der Waals surface area contributed by atoms with Gasteiger partial charge in [0.25, 0.3) is 0 Å². The van der Waals surface area contributed by atoms with E-state index >= 15 is 0 Å². The van der Waals surface area contributed by atoms with E-state index in [0.29, 0.717) is 17.9 Å². The number of benzene rings is 1. The SMILES string of the molecule is CCN(CC)c1ccc([C@@H]2NC(=O)NC(C)=C2C(=O)OCC(C)C)cc1. The maximum Gasteiger partial charge on any atom is 0.338 e. The minimum absolute atomic E-state index is 0.248. The van der Waals surface area contributed by atoms with E-state index in [-0.39, 0.29) is 11.9 Å². The van der Waals surface area contributed by atoms with Crippen LogP contribution < -0.4 is 15.5 Å². The van der Waals surface area contributed by atoms with Gasteiger partial charge in [0.2, 0.25) is 0 Å². The fourth-order valence-electron chi connectivity index (χ4n) is 3.00. The number of esters is 1. The van der Waals surface area contributed by atoms with E-state index in [9.17, 15) is 9.59 Å². The quantitative estimate of drug-likeness (QED) is 0.733. The molecule has 6 heteroatoms. The normalized spacial score (nSPS) is 17.0. The number of anilines is 1. The molecule has 0 saturated carbocycles. The molecule has 26 heavy (non-hydrogen) atoms. The van der Waals surface area contributed by atoms with Crippen LogP contribution in [0, 0.1) is 5.92 Å². The van der Waals surface area contributed by atoms with Gasteiger partial charge < -0.3 is 20.3 Å². The molecular formula is C20H29N3O3. The Hall–Kier alpha value is -2.50. The van der Waals surface area contributed by atoms with Gasteiger partial charge in [0.05, 0.1) is 18.2 Å². The van der Waals surface area contributed by atoms with Gasteiger partial charge >= 0.3 is 12.0 Å². The van der Waals surface area contributed by atoms with E-state index in [1.807, 2.05) is 38.1 Å². The van der Waals surface area contributed by atoms with E-state index in [4.69, 9.17) is 4.74 Å². The van der Waals surface area contributed by atoms with Crippen LogP contribution in [0.15, 0.2) is 35.5 Å². The van der Waals surface area contributed by atoms with Gasteiger partial charge in [-0.1, -0.05) is 26.0 Å². The van der Waals surface area contributed by atoms with Crippen LogP contribution in [0.5, 0.6) is 0 Å². The highest BCUT2D eigenvalue weighted by atomic mass is 16.5. The molecule has 0 radical (unpaired) electrons. The van der Waals surface area contributed by atoms with Crippen molar-refractivity contribution in [1.29, 1.82) is 0 Å². The lowest BCUT2D eigenvalue weighted by Gasteiger charge is -2.29. The van der Waals surface area contributed by atoms with Crippen LogP contribution in [0.3, 0.4) is 0 Å². The van der Waals surface area contributed by atoms with Crippen molar-refractivity contribution in [3.8, 4) is 0 Å². The Bertz CT molecular complexity index is 676. The van der Waals surface area contributed by atoms with Crippen LogP contribution in [-0.2, 0) is 9.53 Å².